The summed E-state index contributed by atoms with van der Waals surface area (Å²) in [6, 6.07) is 5.18. The minimum absolute atomic E-state index is 0.153. The first-order chi connectivity index (χ1) is 14.8. The van der Waals surface area contributed by atoms with Gasteiger partial charge in [0.2, 0.25) is 0 Å². The third-order valence-electron chi connectivity index (χ3n) is 6.62. The van der Waals surface area contributed by atoms with Crippen molar-refractivity contribution in [1.29, 1.82) is 0 Å². The number of benzene rings is 1. The summed E-state index contributed by atoms with van der Waals surface area (Å²) in [5.41, 5.74) is 0.949. The quantitative estimate of drug-likeness (QED) is 0.674. The van der Waals surface area contributed by atoms with E-state index in [-0.39, 0.29) is 23.7 Å². The molecule has 0 spiro atoms. The van der Waals surface area contributed by atoms with Crippen molar-refractivity contribution in [1.82, 2.24) is 19.6 Å². The number of rotatable bonds is 2. The lowest BCUT2D eigenvalue weighted by Gasteiger charge is -2.38. The lowest BCUT2D eigenvalue weighted by molar-refractivity contribution is -0.173. The average Bonchev–Trinajstić information content (AvgIpc) is 3.38. The van der Waals surface area contributed by atoms with E-state index in [0.717, 1.165) is 40.6 Å². The van der Waals surface area contributed by atoms with Crippen LogP contribution < -0.4 is 5.32 Å². The first-order valence-corrected chi connectivity index (χ1v) is 11.3. The highest BCUT2D eigenvalue weighted by Crippen LogP contribution is 2.44. The summed E-state index contributed by atoms with van der Waals surface area (Å²) in [4.78, 5) is 17.4. The van der Waals surface area contributed by atoms with E-state index in [4.69, 9.17) is 0 Å². The second kappa shape index (κ2) is 7.81. The predicted molar refractivity (Wildman–Crippen MR) is 113 cm³/mol. The third-order valence-corrected chi connectivity index (χ3v) is 7.14. The Morgan fingerprint density at radius 2 is 1.94 bits per heavy atom. The zero-order chi connectivity index (χ0) is 21.8. The van der Waals surface area contributed by atoms with Gasteiger partial charge in [0.15, 0.2) is 6.04 Å². The standard InChI is InChI=1S/C21H23BrF3N5O/c22-14-5-3-13(4-6-14)17-10-18(21(23,24)25)30-19(27-17)16(11-26-30)20(31)29-9-8-28-7-1-2-15(28)12-29/h3-6,11,15,17-18,27H,1-2,7-10,12H2. The molecule has 0 saturated carbocycles. The van der Waals surface area contributed by atoms with Crippen LogP contribution in [0.4, 0.5) is 19.0 Å². The SMILES string of the molecule is O=C(c1cnn2c1NC(c1ccc(Br)cc1)CC2C(F)(F)F)N1CCN2CCCC2C1. The molecule has 3 aliphatic rings. The number of hydrogen-bond acceptors (Lipinski definition) is 4. The maximum absolute atomic E-state index is 13.9. The topological polar surface area (TPSA) is 53.4 Å². The molecule has 0 bridgehead atoms. The van der Waals surface area contributed by atoms with Crippen LogP contribution in [0.3, 0.4) is 0 Å². The molecule has 0 aliphatic carbocycles. The van der Waals surface area contributed by atoms with Gasteiger partial charge in [-0.25, -0.2) is 4.68 Å². The van der Waals surface area contributed by atoms with E-state index in [1.165, 1.54) is 6.20 Å². The van der Waals surface area contributed by atoms with Gasteiger partial charge in [0.1, 0.15) is 11.4 Å². The first kappa shape index (κ1) is 20.8. The Bertz CT molecular complexity index is 976. The lowest BCUT2D eigenvalue weighted by atomic mass is 9.96. The number of carbonyl (C=O) groups excluding carboxylic acids is 1. The summed E-state index contributed by atoms with van der Waals surface area (Å²) < 4.78 is 43.5. The molecule has 3 unspecified atom stereocenters. The normalized spacial score (nSPS) is 26.3. The molecule has 3 aliphatic heterocycles. The van der Waals surface area contributed by atoms with E-state index in [1.54, 1.807) is 29.2 Å². The van der Waals surface area contributed by atoms with Crippen LogP contribution in [0.25, 0.3) is 0 Å². The molecule has 5 rings (SSSR count). The number of piperazine rings is 1. The molecular weight excluding hydrogens is 475 g/mol. The van der Waals surface area contributed by atoms with Crippen LogP contribution in [-0.2, 0) is 0 Å². The van der Waals surface area contributed by atoms with E-state index in [0.29, 0.717) is 19.1 Å². The van der Waals surface area contributed by atoms with Gasteiger partial charge in [0.25, 0.3) is 5.91 Å². The Kier molecular flexibility index (Phi) is 5.24. The number of amides is 1. The Balaban J connectivity index is 1.46. The highest BCUT2D eigenvalue weighted by atomic mass is 79.9. The van der Waals surface area contributed by atoms with Crippen molar-refractivity contribution in [3.63, 3.8) is 0 Å². The van der Waals surface area contributed by atoms with Crippen LogP contribution in [0.2, 0.25) is 0 Å². The number of hydrogen-bond donors (Lipinski definition) is 1. The molecule has 2 saturated heterocycles. The molecule has 10 heteroatoms. The number of carbonyl (C=O) groups is 1. The van der Waals surface area contributed by atoms with Crippen molar-refractivity contribution in [2.75, 3.05) is 31.5 Å². The van der Waals surface area contributed by atoms with E-state index in [1.807, 2.05) is 0 Å². The highest BCUT2D eigenvalue weighted by molar-refractivity contribution is 9.10. The number of alkyl halides is 3. The molecule has 1 aromatic carbocycles. The molecule has 2 aromatic rings. The average molecular weight is 498 g/mol. The van der Waals surface area contributed by atoms with E-state index < -0.39 is 18.3 Å². The van der Waals surface area contributed by atoms with Gasteiger partial charge < -0.3 is 10.2 Å². The number of anilines is 1. The third kappa shape index (κ3) is 3.84. The van der Waals surface area contributed by atoms with E-state index in [2.05, 4.69) is 31.2 Å². The fourth-order valence-corrected chi connectivity index (χ4v) is 5.24. The van der Waals surface area contributed by atoms with Crippen molar-refractivity contribution in [2.45, 2.75) is 43.6 Å². The molecular formula is C21H23BrF3N5O. The maximum Gasteiger partial charge on any atom is 0.410 e. The molecule has 1 N–H and O–H groups in total. The van der Waals surface area contributed by atoms with Gasteiger partial charge in [-0.3, -0.25) is 9.69 Å². The minimum Gasteiger partial charge on any atom is -0.363 e. The van der Waals surface area contributed by atoms with Crippen molar-refractivity contribution in [3.05, 3.63) is 46.1 Å². The van der Waals surface area contributed by atoms with Crippen molar-refractivity contribution in [3.8, 4) is 0 Å². The zero-order valence-electron chi connectivity index (χ0n) is 16.8. The molecule has 4 heterocycles. The fraction of sp³-hybridized carbons (Fsp3) is 0.524. The van der Waals surface area contributed by atoms with Gasteiger partial charge in [-0.1, -0.05) is 28.1 Å². The van der Waals surface area contributed by atoms with Gasteiger partial charge in [-0.15, -0.1) is 0 Å². The summed E-state index contributed by atoms with van der Waals surface area (Å²) >= 11 is 3.36. The summed E-state index contributed by atoms with van der Waals surface area (Å²) in [5, 5.41) is 7.17. The fourth-order valence-electron chi connectivity index (χ4n) is 4.98. The van der Waals surface area contributed by atoms with Gasteiger partial charge in [-0.2, -0.15) is 18.3 Å². The van der Waals surface area contributed by atoms with Crippen LogP contribution >= 0.6 is 15.9 Å². The second-order valence-corrected chi connectivity index (χ2v) is 9.39. The Hall–Kier alpha value is -2.07. The van der Waals surface area contributed by atoms with Gasteiger partial charge in [-0.05, 0) is 37.1 Å². The van der Waals surface area contributed by atoms with E-state index >= 15 is 0 Å². The summed E-state index contributed by atoms with van der Waals surface area (Å²) in [5.74, 6) is -0.0991. The summed E-state index contributed by atoms with van der Waals surface area (Å²) in [7, 11) is 0. The molecule has 3 atom stereocenters. The van der Waals surface area contributed by atoms with Crippen LogP contribution in [0, 0.1) is 0 Å². The van der Waals surface area contributed by atoms with Crippen LogP contribution in [0.1, 0.15) is 47.3 Å². The predicted octanol–water partition coefficient (Wildman–Crippen LogP) is 4.23. The molecule has 0 radical (unpaired) electrons. The Labute approximate surface area is 186 Å². The lowest BCUT2D eigenvalue weighted by Crippen LogP contribution is -2.52. The monoisotopic (exact) mass is 497 g/mol. The number of halogens is 4. The smallest absolute Gasteiger partial charge is 0.363 e. The van der Waals surface area contributed by atoms with E-state index in [9.17, 15) is 18.0 Å². The largest absolute Gasteiger partial charge is 0.410 e. The van der Waals surface area contributed by atoms with Gasteiger partial charge in [0.05, 0.1) is 12.2 Å². The molecule has 1 amide bonds. The molecule has 166 valence electrons. The van der Waals surface area contributed by atoms with Gasteiger partial charge in [0, 0.05) is 36.6 Å². The van der Waals surface area contributed by atoms with Crippen molar-refractivity contribution < 1.29 is 18.0 Å². The van der Waals surface area contributed by atoms with Crippen molar-refractivity contribution in [2.24, 2.45) is 0 Å². The molecule has 6 nitrogen and oxygen atoms in total. The van der Waals surface area contributed by atoms with Crippen LogP contribution in [-0.4, -0.2) is 63.9 Å². The minimum atomic E-state index is -4.47. The second-order valence-electron chi connectivity index (χ2n) is 8.48. The molecule has 1 aromatic heterocycles. The molecule has 2 fully saturated rings. The van der Waals surface area contributed by atoms with Crippen LogP contribution in [0.15, 0.2) is 34.9 Å². The van der Waals surface area contributed by atoms with Gasteiger partial charge >= 0.3 is 6.18 Å². The zero-order valence-corrected chi connectivity index (χ0v) is 18.4. The summed E-state index contributed by atoms with van der Waals surface area (Å²) in [6.45, 7) is 3.06. The first-order valence-electron chi connectivity index (χ1n) is 10.5. The number of nitrogens with zero attached hydrogens (tertiary/aromatic N) is 4. The van der Waals surface area contributed by atoms with Crippen molar-refractivity contribution >= 4 is 27.7 Å². The Morgan fingerprint density at radius 3 is 2.68 bits per heavy atom. The molecule has 31 heavy (non-hydrogen) atoms. The summed E-state index contributed by atoms with van der Waals surface area (Å²) in [6.07, 6.45) is -1.19. The number of aromatic nitrogens is 2. The number of nitrogens with one attached hydrogen (secondary N) is 1. The highest BCUT2D eigenvalue weighted by Gasteiger charge is 2.47. The number of fused-ring (bicyclic) bond motifs is 2. The Morgan fingerprint density at radius 1 is 1.16 bits per heavy atom. The maximum atomic E-state index is 13.9. The van der Waals surface area contributed by atoms with Crippen LogP contribution in [0.5, 0.6) is 0 Å².